The molecule has 2 fully saturated rings. The minimum atomic E-state index is -3.69. The van der Waals surface area contributed by atoms with E-state index in [1.54, 1.807) is 18.6 Å². The minimum Gasteiger partial charge on any atom is -0.396 e. The molecule has 7 rings (SSSR count). The molecule has 0 spiro atoms. The fraction of sp³-hybridized carbons (Fsp3) is 0.267. The van der Waals surface area contributed by atoms with Crippen molar-refractivity contribution in [3.63, 3.8) is 0 Å². The molecule has 0 saturated carbocycles. The maximum Gasteiger partial charge on any atom is 0.180 e. The highest BCUT2D eigenvalue weighted by atomic mass is 32.2. The first-order valence-electron chi connectivity index (χ1n) is 13.7. The van der Waals surface area contributed by atoms with Crippen LogP contribution in [-0.2, 0) is 9.84 Å². The zero-order valence-electron chi connectivity index (χ0n) is 22.6. The van der Waals surface area contributed by atoms with Gasteiger partial charge in [0.1, 0.15) is 10.7 Å². The highest BCUT2D eigenvalue weighted by Crippen LogP contribution is 2.47. The van der Waals surface area contributed by atoms with Crippen LogP contribution >= 0.6 is 0 Å². The lowest BCUT2D eigenvalue weighted by Crippen LogP contribution is -2.43. The van der Waals surface area contributed by atoms with Crippen LogP contribution in [0.15, 0.2) is 78.1 Å². The minimum absolute atomic E-state index is 0.0624. The van der Waals surface area contributed by atoms with Gasteiger partial charge in [-0.2, -0.15) is 9.61 Å². The Bertz CT molecular complexity index is 1860. The number of hydrogen-bond acceptors (Lipinski definition) is 9. The molecule has 2 aliphatic rings. The van der Waals surface area contributed by atoms with E-state index in [0.29, 0.717) is 17.0 Å². The molecule has 6 heterocycles. The summed E-state index contributed by atoms with van der Waals surface area (Å²) in [7, 11) is -3.69. The van der Waals surface area contributed by atoms with Crippen LogP contribution in [0.1, 0.15) is 37.3 Å². The van der Waals surface area contributed by atoms with Gasteiger partial charge in [-0.1, -0.05) is 36.4 Å². The lowest BCUT2D eigenvalue weighted by atomic mass is 9.87. The molecule has 1 unspecified atom stereocenters. The van der Waals surface area contributed by atoms with Crippen LogP contribution in [0, 0.1) is 0 Å². The highest BCUT2D eigenvalue weighted by Gasteiger charge is 2.44. The number of pyridine rings is 2. The third kappa shape index (κ3) is 4.28. The number of anilines is 3. The van der Waals surface area contributed by atoms with Gasteiger partial charge < -0.3 is 16.4 Å². The second kappa shape index (κ2) is 9.55. The topological polar surface area (TPSA) is 145 Å². The third-order valence-corrected chi connectivity index (χ3v) is 9.52. The van der Waals surface area contributed by atoms with Crippen molar-refractivity contribution in [3.8, 4) is 22.4 Å². The standard InChI is InChI=1S/C30H30N8O2S/c1-41(39,40)27-26(20-14-21-10-11-22(15-20)37(21)30-24(31)8-5-13-33-30)36-29-23(17-35-38(29)28(27)32)19-9-12-25(34-16-19)18-6-3-2-4-7-18/h2-9,12-13,16-17,20-22H,10-11,14-15,31-32H2,1H3/t20?,21-,22+. The molecule has 2 aliphatic heterocycles. The van der Waals surface area contributed by atoms with Crippen molar-refractivity contribution < 1.29 is 8.42 Å². The van der Waals surface area contributed by atoms with Gasteiger partial charge in [0.05, 0.1) is 23.3 Å². The van der Waals surface area contributed by atoms with E-state index >= 15 is 0 Å². The molecule has 3 atom stereocenters. The molecule has 10 nitrogen and oxygen atoms in total. The number of nitrogens with two attached hydrogens (primary N) is 2. The van der Waals surface area contributed by atoms with Crippen molar-refractivity contribution in [1.29, 1.82) is 0 Å². The van der Waals surface area contributed by atoms with Crippen LogP contribution in [-0.4, -0.2) is 51.3 Å². The number of hydrogen-bond donors (Lipinski definition) is 2. The molecule has 1 aromatic carbocycles. The van der Waals surface area contributed by atoms with E-state index in [4.69, 9.17) is 16.5 Å². The summed E-state index contributed by atoms with van der Waals surface area (Å²) in [5, 5.41) is 4.45. The molecule has 2 saturated heterocycles. The largest absolute Gasteiger partial charge is 0.396 e. The fourth-order valence-corrected chi connectivity index (χ4v) is 7.64. The van der Waals surface area contributed by atoms with Gasteiger partial charge in [0.25, 0.3) is 0 Å². The maximum absolute atomic E-state index is 13.1. The Morgan fingerprint density at radius 3 is 2.29 bits per heavy atom. The molecule has 41 heavy (non-hydrogen) atoms. The molecule has 0 radical (unpaired) electrons. The molecule has 4 aromatic heterocycles. The normalized spacial score (nSPS) is 20.5. The van der Waals surface area contributed by atoms with Crippen LogP contribution in [0.25, 0.3) is 28.0 Å². The number of fused-ring (bicyclic) bond motifs is 3. The van der Waals surface area contributed by atoms with E-state index in [0.717, 1.165) is 53.9 Å². The van der Waals surface area contributed by atoms with Gasteiger partial charge in [0.2, 0.25) is 0 Å². The van der Waals surface area contributed by atoms with E-state index in [-0.39, 0.29) is 28.7 Å². The number of aromatic nitrogens is 5. The molecular weight excluding hydrogens is 536 g/mol. The average Bonchev–Trinajstić information content (AvgIpc) is 3.51. The molecule has 2 bridgehead atoms. The SMILES string of the molecule is CS(=O)(=O)c1c(C2C[C@H]3CC[C@@H](C2)N3c2ncccc2N)nc2c(-c3ccc(-c4ccccc4)nc3)cnn2c1N. The lowest BCUT2D eigenvalue weighted by Gasteiger charge is -2.40. The molecule has 11 heteroatoms. The predicted octanol–water partition coefficient (Wildman–Crippen LogP) is 4.34. The average molecular weight is 567 g/mol. The predicted molar refractivity (Wildman–Crippen MR) is 159 cm³/mol. The summed E-state index contributed by atoms with van der Waals surface area (Å²) in [6.45, 7) is 0. The first-order valence-corrected chi connectivity index (χ1v) is 15.6. The van der Waals surface area contributed by atoms with E-state index in [1.165, 1.54) is 10.8 Å². The van der Waals surface area contributed by atoms with Crippen LogP contribution in [0.5, 0.6) is 0 Å². The summed E-state index contributed by atoms with van der Waals surface area (Å²) >= 11 is 0. The fourth-order valence-electron chi connectivity index (χ4n) is 6.58. The van der Waals surface area contributed by atoms with Gasteiger partial charge in [-0.15, -0.1) is 0 Å². The lowest BCUT2D eigenvalue weighted by molar-refractivity contribution is 0.403. The molecular formula is C30H30N8O2S. The Balaban J connectivity index is 1.30. The molecule has 0 aliphatic carbocycles. The van der Waals surface area contributed by atoms with Crippen molar-refractivity contribution >= 4 is 32.8 Å². The molecule has 0 amide bonds. The number of nitrogens with zero attached hydrogens (tertiary/aromatic N) is 6. The Kier molecular flexibility index (Phi) is 5.93. The number of benzene rings is 1. The summed E-state index contributed by atoms with van der Waals surface area (Å²) in [5.74, 6) is 0.789. The first kappa shape index (κ1) is 25.5. The molecule has 4 N–H and O–H groups in total. The maximum atomic E-state index is 13.1. The molecule has 5 aromatic rings. The number of nitrogen functional groups attached to an aromatic ring is 2. The Labute approximate surface area is 238 Å². The highest BCUT2D eigenvalue weighted by molar-refractivity contribution is 7.91. The molecule has 208 valence electrons. The third-order valence-electron chi connectivity index (χ3n) is 8.36. The van der Waals surface area contributed by atoms with Crippen LogP contribution in [0.2, 0.25) is 0 Å². The van der Waals surface area contributed by atoms with Crippen LogP contribution in [0.4, 0.5) is 17.3 Å². The quantitative estimate of drug-likeness (QED) is 0.317. The Hall–Kier alpha value is -4.51. The summed E-state index contributed by atoms with van der Waals surface area (Å²) in [6.07, 6.45) is 9.84. The second-order valence-electron chi connectivity index (χ2n) is 11.0. The summed E-state index contributed by atoms with van der Waals surface area (Å²) < 4.78 is 27.7. The zero-order chi connectivity index (χ0) is 28.3. The summed E-state index contributed by atoms with van der Waals surface area (Å²) in [6, 6.07) is 18.0. The van der Waals surface area contributed by atoms with Crippen molar-refractivity contribution in [3.05, 3.63) is 78.9 Å². The van der Waals surface area contributed by atoms with Gasteiger partial charge in [-0.3, -0.25) is 4.98 Å². The van der Waals surface area contributed by atoms with Gasteiger partial charge in [-0.25, -0.2) is 18.4 Å². The Morgan fingerprint density at radius 1 is 0.878 bits per heavy atom. The van der Waals surface area contributed by atoms with Crippen molar-refractivity contribution in [1.82, 2.24) is 24.6 Å². The smallest absolute Gasteiger partial charge is 0.180 e. The zero-order valence-corrected chi connectivity index (χ0v) is 23.4. The number of piperidine rings is 1. The van der Waals surface area contributed by atoms with Gasteiger partial charge in [0.15, 0.2) is 21.3 Å². The van der Waals surface area contributed by atoms with Crippen molar-refractivity contribution in [2.24, 2.45) is 0 Å². The van der Waals surface area contributed by atoms with Crippen LogP contribution < -0.4 is 16.4 Å². The summed E-state index contributed by atoms with van der Waals surface area (Å²) in [4.78, 5) is 16.6. The van der Waals surface area contributed by atoms with Gasteiger partial charge in [0, 0.05) is 53.3 Å². The van der Waals surface area contributed by atoms with E-state index in [1.807, 2.05) is 54.6 Å². The number of rotatable bonds is 5. The number of sulfone groups is 1. The Morgan fingerprint density at radius 2 is 1.63 bits per heavy atom. The van der Waals surface area contributed by atoms with Gasteiger partial charge in [-0.05, 0) is 43.9 Å². The summed E-state index contributed by atoms with van der Waals surface area (Å²) in [5.41, 5.74) is 18.0. The second-order valence-corrected chi connectivity index (χ2v) is 12.9. The van der Waals surface area contributed by atoms with E-state index < -0.39 is 9.84 Å². The van der Waals surface area contributed by atoms with Crippen molar-refractivity contribution in [2.75, 3.05) is 22.6 Å². The van der Waals surface area contributed by atoms with Crippen LogP contribution in [0.3, 0.4) is 0 Å². The van der Waals surface area contributed by atoms with Gasteiger partial charge >= 0.3 is 0 Å². The monoisotopic (exact) mass is 566 g/mol. The van der Waals surface area contributed by atoms with E-state index in [2.05, 4.69) is 20.0 Å². The van der Waals surface area contributed by atoms with E-state index in [9.17, 15) is 8.42 Å². The van der Waals surface area contributed by atoms with Crippen molar-refractivity contribution in [2.45, 2.75) is 48.6 Å². The first-order chi connectivity index (χ1) is 19.8.